The highest BCUT2D eigenvalue weighted by molar-refractivity contribution is 7.91. The van der Waals surface area contributed by atoms with Gasteiger partial charge in [-0.25, -0.2) is 8.42 Å². The van der Waals surface area contributed by atoms with Crippen LogP contribution >= 0.6 is 0 Å². The molecule has 0 bridgehead atoms. The fourth-order valence-corrected chi connectivity index (χ4v) is 3.76. The normalized spacial score (nSPS) is 19.3. The summed E-state index contributed by atoms with van der Waals surface area (Å²) in [7, 11) is -3.12. The third-order valence-corrected chi connectivity index (χ3v) is 5.12. The number of fused-ring (bicyclic) bond motifs is 1. The van der Waals surface area contributed by atoms with Crippen molar-refractivity contribution in [3.05, 3.63) is 29.3 Å². The van der Waals surface area contributed by atoms with Crippen LogP contribution in [0.2, 0.25) is 0 Å². The van der Waals surface area contributed by atoms with E-state index < -0.39 is 9.84 Å². The topological polar surface area (TPSA) is 60.2 Å². The summed E-state index contributed by atoms with van der Waals surface area (Å²) in [6, 6.07) is 5.41. The van der Waals surface area contributed by atoms with Crippen LogP contribution in [-0.2, 0) is 15.3 Å². The number of rotatable bonds is 0. The molecule has 1 unspecified atom stereocenters. The Morgan fingerprint density at radius 2 is 1.62 bits per heavy atom. The lowest BCUT2D eigenvalue weighted by atomic mass is 9.85. The average molecular weight is 314 g/mol. The molecule has 4 heteroatoms. The third-order valence-electron chi connectivity index (χ3n) is 3.31. The van der Waals surface area contributed by atoms with Gasteiger partial charge in [-0.15, -0.1) is 0 Å². The lowest BCUT2D eigenvalue weighted by molar-refractivity contribution is 0.561. The Bertz CT molecular complexity index is 542. The zero-order valence-corrected chi connectivity index (χ0v) is 15.3. The molecule has 1 atom stereocenters. The maximum atomic E-state index is 11.9. The predicted octanol–water partition coefficient (Wildman–Crippen LogP) is 4.21. The molecule has 0 aliphatic carbocycles. The van der Waals surface area contributed by atoms with Gasteiger partial charge in [0.25, 0.3) is 0 Å². The molecular weight excluding hydrogens is 282 g/mol. The minimum atomic E-state index is -3.12. The molecule has 122 valence electrons. The summed E-state index contributed by atoms with van der Waals surface area (Å²) in [6.45, 7) is 14.3. The molecule has 0 saturated heterocycles. The quantitative estimate of drug-likeness (QED) is 0.780. The second kappa shape index (κ2) is 7.95. The van der Waals surface area contributed by atoms with E-state index in [0.717, 1.165) is 11.1 Å². The molecular formula is C17H31NO2S. The standard InChI is InChI=1S/C13H19NO2S.2C2H6/c1-13(2,3)9-4-5-12-10(8-9)11(14)6-7-17(12,15)16;2*1-2/h4-5,8,11H,6-7,14H2,1-3H3;2*1-2H3. The number of sulfone groups is 1. The SMILES string of the molecule is CC.CC.CC(C)(C)c1ccc2c(c1)C(N)CCS2(=O)=O. The monoisotopic (exact) mass is 313 g/mol. The Balaban J connectivity index is 0.000000921. The Labute approximate surface area is 130 Å². The molecule has 2 rings (SSSR count). The number of hydrogen-bond acceptors (Lipinski definition) is 3. The molecule has 0 aromatic heterocycles. The lowest BCUT2D eigenvalue weighted by Crippen LogP contribution is -2.26. The Kier molecular flexibility index (Phi) is 7.62. The predicted molar refractivity (Wildman–Crippen MR) is 91.4 cm³/mol. The molecule has 1 aromatic carbocycles. The fraction of sp³-hybridized carbons (Fsp3) is 0.647. The highest BCUT2D eigenvalue weighted by Gasteiger charge is 2.29. The van der Waals surface area contributed by atoms with E-state index in [9.17, 15) is 8.42 Å². The van der Waals surface area contributed by atoms with Crippen LogP contribution in [0.25, 0.3) is 0 Å². The first kappa shape index (κ1) is 20.1. The van der Waals surface area contributed by atoms with E-state index >= 15 is 0 Å². The van der Waals surface area contributed by atoms with E-state index in [0.29, 0.717) is 11.3 Å². The summed E-state index contributed by atoms with van der Waals surface area (Å²) >= 11 is 0. The first-order chi connectivity index (χ1) is 9.72. The summed E-state index contributed by atoms with van der Waals surface area (Å²) in [6.07, 6.45) is 0.517. The molecule has 0 radical (unpaired) electrons. The van der Waals surface area contributed by atoms with Gasteiger partial charge in [0.05, 0.1) is 10.6 Å². The largest absolute Gasteiger partial charge is 0.324 e. The molecule has 3 nitrogen and oxygen atoms in total. The van der Waals surface area contributed by atoms with Crippen LogP contribution < -0.4 is 5.73 Å². The molecule has 0 spiro atoms. The van der Waals surface area contributed by atoms with Crippen LogP contribution in [0.1, 0.15) is 72.1 Å². The van der Waals surface area contributed by atoms with Gasteiger partial charge in [0, 0.05) is 6.04 Å². The van der Waals surface area contributed by atoms with E-state index in [4.69, 9.17) is 5.73 Å². The second-order valence-electron chi connectivity index (χ2n) is 5.72. The van der Waals surface area contributed by atoms with Crippen molar-refractivity contribution in [3.8, 4) is 0 Å². The van der Waals surface area contributed by atoms with Gasteiger partial charge in [0.1, 0.15) is 0 Å². The van der Waals surface area contributed by atoms with Crippen molar-refractivity contribution >= 4 is 9.84 Å². The summed E-state index contributed by atoms with van der Waals surface area (Å²) in [5.41, 5.74) is 7.93. The highest BCUT2D eigenvalue weighted by Crippen LogP contribution is 2.34. The van der Waals surface area contributed by atoms with Gasteiger partial charge in [-0.1, -0.05) is 60.6 Å². The third kappa shape index (κ3) is 4.82. The molecule has 21 heavy (non-hydrogen) atoms. The number of nitrogens with two attached hydrogens (primary N) is 1. The van der Waals surface area contributed by atoms with Crippen molar-refractivity contribution in [1.82, 2.24) is 0 Å². The van der Waals surface area contributed by atoms with Crippen molar-refractivity contribution in [3.63, 3.8) is 0 Å². The molecule has 2 N–H and O–H groups in total. The van der Waals surface area contributed by atoms with Crippen LogP contribution in [-0.4, -0.2) is 14.2 Å². The van der Waals surface area contributed by atoms with E-state index in [2.05, 4.69) is 20.8 Å². The molecule has 1 aliphatic heterocycles. The number of benzene rings is 1. The van der Waals surface area contributed by atoms with Gasteiger partial charge in [-0.3, -0.25) is 0 Å². The van der Waals surface area contributed by atoms with Crippen LogP contribution in [0, 0.1) is 0 Å². The molecule has 0 saturated carbocycles. The first-order valence-electron chi connectivity index (χ1n) is 7.84. The van der Waals surface area contributed by atoms with Crippen LogP contribution in [0.5, 0.6) is 0 Å². The van der Waals surface area contributed by atoms with Gasteiger partial charge < -0.3 is 5.73 Å². The maximum Gasteiger partial charge on any atom is 0.178 e. The lowest BCUT2D eigenvalue weighted by Gasteiger charge is -2.26. The second-order valence-corrected chi connectivity index (χ2v) is 7.79. The van der Waals surface area contributed by atoms with E-state index in [1.807, 2.05) is 39.8 Å². The van der Waals surface area contributed by atoms with Crippen molar-refractivity contribution in [2.24, 2.45) is 5.73 Å². The summed E-state index contributed by atoms with van der Waals surface area (Å²) in [5.74, 6) is 0.163. The first-order valence-corrected chi connectivity index (χ1v) is 9.50. The van der Waals surface area contributed by atoms with Gasteiger partial charge >= 0.3 is 0 Å². The zero-order valence-electron chi connectivity index (χ0n) is 14.5. The minimum absolute atomic E-state index is 0.00988. The summed E-state index contributed by atoms with van der Waals surface area (Å²) < 4.78 is 23.8. The van der Waals surface area contributed by atoms with E-state index in [1.54, 1.807) is 6.07 Å². The van der Waals surface area contributed by atoms with Crippen molar-refractivity contribution in [2.45, 2.75) is 71.2 Å². The molecule has 1 aliphatic rings. The van der Waals surface area contributed by atoms with Crippen molar-refractivity contribution < 1.29 is 8.42 Å². The number of hydrogen-bond donors (Lipinski definition) is 1. The molecule has 1 heterocycles. The van der Waals surface area contributed by atoms with Crippen molar-refractivity contribution in [1.29, 1.82) is 0 Å². The minimum Gasteiger partial charge on any atom is -0.324 e. The van der Waals surface area contributed by atoms with Crippen LogP contribution in [0.4, 0.5) is 0 Å². The Morgan fingerprint density at radius 3 is 2.10 bits per heavy atom. The zero-order chi connectivity index (χ0) is 16.8. The maximum absolute atomic E-state index is 11.9. The molecule has 1 aromatic rings. The van der Waals surface area contributed by atoms with Crippen LogP contribution in [0.3, 0.4) is 0 Å². The van der Waals surface area contributed by atoms with Gasteiger partial charge in [-0.05, 0) is 29.0 Å². The van der Waals surface area contributed by atoms with Gasteiger partial charge in [0.2, 0.25) is 0 Å². The fourth-order valence-electron chi connectivity index (χ4n) is 2.14. The Hall–Kier alpha value is -0.870. The van der Waals surface area contributed by atoms with Crippen molar-refractivity contribution in [2.75, 3.05) is 5.75 Å². The highest BCUT2D eigenvalue weighted by atomic mass is 32.2. The smallest absolute Gasteiger partial charge is 0.178 e. The van der Waals surface area contributed by atoms with E-state index in [1.165, 1.54) is 0 Å². The molecule has 0 fully saturated rings. The summed E-state index contributed by atoms with van der Waals surface area (Å²) in [4.78, 5) is 0.421. The van der Waals surface area contributed by atoms with E-state index in [-0.39, 0.29) is 17.2 Å². The molecule has 0 amide bonds. The van der Waals surface area contributed by atoms with Gasteiger partial charge in [-0.2, -0.15) is 0 Å². The Morgan fingerprint density at radius 1 is 1.10 bits per heavy atom. The average Bonchev–Trinajstić information content (AvgIpc) is 2.46. The van der Waals surface area contributed by atoms with Gasteiger partial charge in [0.15, 0.2) is 9.84 Å². The summed E-state index contributed by atoms with van der Waals surface area (Å²) in [5, 5.41) is 0. The van der Waals surface area contributed by atoms with Crippen LogP contribution in [0.15, 0.2) is 23.1 Å².